The molecule has 3 aromatic rings. The molecule has 4 heterocycles. The molecule has 1 aliphatic rings. The van der Waals surface area contributed by atoms with E-state index in [0.29, 0.717) is 24.0 Å². The zero-order valence-corrected chi connectivity index (χ0v) is 17.6. The Labute approximate surface area is 175 Å². The van der Waals surface area contributed by atoms with E-state index in [2.05, 4.69) is 25.2 Å². The van der Waals surface area contributed by atoms with Gasteiger partial charge in [-0.05, 0) is 31.9 Å². The second kappa shape index (κ2) is 8.83. The second-order valence-electron chi connectivity index (χ2n) is 6.72. The van der Waals surface area contributed by atoms with E-state index in [4.69, 9.17) is 4.74 Å². The number of ether oxygens (including phenoxy) is 1. The lowest BCUT2D eigenvalue weighted by Crippen LogP contribution is -2.40. The fourth-order valence-electron chi connectivity index (χ4n) is 3.27. The van der Waals surface area contributed by atoms with Crippen LogP contribution in [0.25, 0.3) is 10.3 Å². The third kappa shape index (κ3) is 4.70. The van der Waals surface area contributed by atoms with Crippen LogP contribution in [0.3, 0.4) is 0 Å². The van der Waals surface area contributed by atoms with Crippen molar-refractivity contribution in [1.29, 1.82) is 0 Å². The largest absolute Gasteiger partial charge is 0.466 e. The van der Waals surface area contributed by atoms with Crippen LogP contribution in [0.4, 0.5) is 10.3 Å². The van der Waals surface area contributed by atoms with Gasteiger partial charge in [-0.1, -0.05) is 11.3 Å². The van der Waals surface area contributed by atoms with Crippen LogP contribution in [0.15, 0.2) is 23.7 Å². The summed E-state index contributed by atoms with van der Waals surface area (Å²) >= 11 is 2.87. The Balaban J connectivity index is 1.37. The van der Waals surface area contributed by atoms with Crippen molar-refractivity contribution in [2.75, 3.05) is 29.9 Å². The quantitative estimate of drug-likeness (QED) is 0.599. The van der Waals surface area contributed by atoms with Crippen molar-refractivity contribution < 1.29 is 14.3 Å². The molecule has 10 heteroatoms. The lowest BCUT2D eigenvalue weighted by atomic mass is 9.97. The Bertz CT molecular complexity index is 985. The number of thiazole rings is 2. The predicted molar refractivity (Wildman–Crippen MR) is 113 cm³/mol. The Kier molecular flexibility index (Phi) is 6.00. The molecule has 152 valence electrons. The summed E-state index contributed by atoms with van der Waals surface area (Å²) < 4.78 is 4.93. The van der Waals surface area contributed by atoms with Crippen LogP contribution in [-0.4, -0.2) is 46.5 Å². The van der Waals surface area contributed by atoms with E-state index in [1.165, 1.54) is 11.3 Å². The monoisotopic (exact) mass is 431 g/mol. The van der Waals surface area contributed by atoms with Gasteiger partial charge in [-0.3, -0.25) is 9.59 Å². The van der Waals surface area contributed by atoms with Crippen molar-refractivity contribution in [3.63, 3.8) is 0 Å². The highest BCUT2D eigenvalue weighted by molar-refractivity contribution is 7.21. The maximum atomic E-state index is 12.8. The number of carbonyl (C=O) groups is 2. The molecule has 0 aromatic carbocycles. The number of fused-ring (bicyclic) bond motifs is 1. The van der Waals surface area contributed by atoms with Gasteiger partial charge in [0, 0.05) is 24.7 Å². The van der Waals surface area contributed by atoms with Crippen LogP contribution in [0, 0.1) is 5.92 Å². The highest BCUT2D eigenvalue weighted by Gasteiger charge is 2.28. The van der Waals surface area contributed by atoms with Crippen LogP contribution in [-0.2, 0) is 20.7 Å². The summed E-state index contributed by atoms with van der Waals surface area (Å²) in [7, 11) is 0. The minimum Gasteiger partial charge on any atom is -0.466 e. The standard InChI is InChI=1S/C19H21N5O3S2/c1-2-27-15(25)9-13-11-28-18(21-13)23-16(26)12-5-4-8-24(10-12)19-22-14-6-3-7-20-17(14)29-19/h3,6-7,11-12H,2,4-5,8-10H2,1H3,(H,21,23,26)/t12-/m0/s1. The average molecular weight is 432 g/mol. The fraction of sp³-hybridized carbons (Fsp3) is 0.421. The lowest BCUT2D eigenvalue weighted by molar-refractivity contribution is -0.142. The van der Waals surface area contributed by atoms with Gasteiger partial charge in [0.25, 0.3) is 0 Å². The maximum Gasteiger partial charge on any atom is 0.311 e. The first-order valence-electron chi connectivity index (χ1n) is 9.49. The summed E-state index contributed by atoms with van der Waals surface area (Å²) in [5.41, 5.74) is 1.49. The molecule has 0 saturated carbocycles. The number of hydrogen-bond acceptors (Lipinski definition) is 9. The predicted octanol–water partition coefficient (Wildman–Crippen LogP) is 3.11. The summed E-state index contributed by atoms with van der Waals surface area (Å²) in [6.07, 6.45) is 3.63. The molecular weight excluding hydrogens is 410 g/mol. The van der Waals surface area contributed by atoms with E-state index >= 15 is 0 Å². The number of aromatic nitrogens is 3. The molecule has 0 bridgehead atoms. The Morgan fingerprint density at radius 3 is 3.10 bits per heavy atom. The molecule has 0 unspecified atom stereocenters. The highest BCUT2D eigenvalue weighted by atomic mass is 32.1. The highest BCUT2D eigenvalue weighted by Crippen LogP contribution is 2.30. The molecule has 1 aliphatic heterocycles. The van der Waals surface area contributed by atoms with E-state index in [0.717, 1.165) is 34.9 Å². The van der Waals surface area contributed by atoms with Crippen LogP contribution < -0.4 is 10.2 Å². The molecule has 0 spiro atoms. The summed E-state index contributed by atoms with van der Waals surface area (Å²) in [6.45, 7) is 3.61. The molecule has 1 fully saturated rings. The molecule has 1 N–H and O–H groups in total. The van der Waals surface area contributed by atoms with Gasteiger partial charge in [0.2, 0.25) is 5.91 Å². The number of amides is 1. The van der Waals surface area contributed by atoms with E-state index in [1.807, 2.05) is 12.1 Å². The third-order valence-electron chi connectivity index (χ3n) is 4.63. The number of carbonyl (C=O) groups excluding carboxylic acids is 2. The van der Waals surface area contributed by atoms with Crippen molar-refractivity contribution in [2.45, 2.75) is 26.2 Å². The zero-order chi connectivity index (χ0) is 20.2. The fourth-order valence-corrected chi connectivity index (χ4v) is 4.93. The Morgan fingerprint density at radius 2 is 2.28 bits per heavy atom. The van der Waals surface area contributed by atoms with Gasteiger partial charge in [0.15, 0.2) is 10.3 Å². The van der Waals surface area contributed by atoms with E-state index < -0.39 is 0 Å². The zero-order valence-electron chi connectivity index (χ0n) is 16.0. The van der Waals surface area contributed by atoms with Crippen LogP contribution in [0.1, 0.15) is 25.5 Å². The SMILES string of the molecule is CCOC(=O)Cc1csc(NC(=O)[C@H]2CCCN(c3nc4cccnc4s3)C2)n1. The number of hydrogen-bond donors (Lipinski definition) is 1. The molecular formula is C19H21N5O3S2. The summed E-state index contributed by atoms with van der Waals surface area (Å²) in [6, 6.07) is 3.83. The number of rotatable bonds is 6. The number of esters is 1. The van der Waals surface area contributed by atoms with E-state index in [-0.39, 0.29) is 24.2 Å². The Morgan fingerprint density at radius 1 is 1.38 bits per heavy atom. The molecule has 1 amide bonds. The number of pyridine rings is 1. The van der Waals surface area contributed by atoms with Gasteiger partial charge in [-0.15, -0.1) is 11.3 Å². The first-order valence-corrected chi connectivity index (χ1v) is 11.2. The first kappa shape index (κ1) is 19.7. The third-order valence-corrected chi connectivity index (χ3v) is 6.48. The van der Waals surface area contributed by atoms with Crippen LogP contribution in [0.2, 0.25) is 0 Å². The number of nitrogens with zero attached hydrogens (tertiary/aromatic N) is 4. The first-order chi connectivity index (χ1) is 14.1. The molecule has 0 radical (unpaired) electrons. The molecule has 3 aromatic heterocycles. The number of piperidine rings is 1. The molecule has 1 atom stereocenters. The van der Waals surface area contributed by atoms with Crippen LogP contribution in [0.5, 0.6) is 0 Å². The van der Waals surface area contributed by atoms with Gasteiger partial charge in [-0.25, -0.2) is 15.0 Å². The summed E-state index contributed by atoms with van der Waals surface area (Å²) in [5, 5.41) is 6.08. The van der Waals surface area contributed by atoms with Crippen molar-refractivity contribution in [3.8, 4) is 0 Å². The average Bonchev–Trinajstić information content (AvgIpc) is 3.35. The molecule has 4 rings (SSSR count). The van der Waals surface area contributed by atoms with Gasteiger partial charge in [0.05, 0.1) is 24.6 Å². The maximum absolute atomic E-state index is 12.8. The van der Waals surface area contributed by atoms with Crippen molar-refractivity contribution in [3.05, 3.63) is 29.4 Å². The smallest absolute Gasteiger partial charge is 0.311 e. The van der Waals surface area contributed by atoms with Gasteiger partial charge in [-0.2, -0.15) is 0 Å². The molecule has 29 heavy (non-hydrogen) atoms. The Hall–Kier alpha value is -2.59. The van der Waals surface area contributed by atoms with Crippen molar-refractivity contribution in [2.24, 2.45) is 5.92 Å². The number of anilines is 2. The summed E-state index contributed by atoms with van der Waals surface area (Å²) in [4.78, 5) is 40.7. The topological polar surface area (TPSA) is 97.3 Å². The number of nitrogens with one attached hydrogen (secondary N) is 1. The second-order valence-corrected chi connectivity index (χ2v) is 8.54. The van der Waals surface area contributed by atoms with Crippen molar-refractivity contribution in [1.82, 2.24) is 15.0 Å². The van der Waals surface area contributed by atoms with E-state index in [9.17, 15) is 9.59 Å². The lowest BCUT2D eigenvalue weighted by Gasteiger charge is -2.31. The summed E-state index contributed by atoms with van der Waals surface area (Å²) in [5.74, 6) is -0.504. The normalized spacial score (nSPS) is 16.7. The van der Waals surface area contributed by atoms with E-state index in [1.54, 1.807) is 29.8 Å². The van der Waals surface area contributed by atoms with Gasteiger partial charge >= 0.3 is 5.97 Å². The van der Waals surface area contributed by atoms with Crippen LogP contribution >= 0.6 is 22.7 Å². The minimum atomic E-state index is -0.316. The van der Waals surface area contributed by atoms with Gasteiger partial charge in [0.1, 0.15) is 10.3 Å². The van der Waals surface area contributed by atoms with Gasteiger partial charge < -0.3 is 15.0 Å². The minimum absolute atomic E-state index is 0.0500. The molecule has 1 saturated heterocycles. The van der Waals surface area contributed by atoms with Crippen molar-refractivity contribution >= 4 is 55.2 Å². The molecule has 8 nitrogen and oxygen atoms in total. The molecule has 0 aliphatic carbocycles.